The summed E-state index contributed by atoms with van der Waals surface area (Å²) in [6, 6.07) is 12.7. The summed E-state index contributed by atoms with van der Waals surface area (Å²) in [6.45, 7) is 3.83. The quantitative estimate of drug-likeness (QED) is 0.909. The van der Waals surface area contributed by atoms with Crippen LogP contribution in [0.1, 0.15) is 31.8 Å². The molecule has 0 bridgehead atoms. The zero-order chi connectivity index (χ0) is 15.4. The van der Waals surface area contributed by atoms with Crippen molar-refractivity contribution in [1.29, 1.82) is 0 Å². The van der Waals surface area contributed by atoms with Gasteiger partial charge in [0.1, 0.15) is 0 Å². The van der Waals surface area contributed by atoms with Crippen molar-refractivity contribution < 1.29 is 9.59 Å². The molecule has 2 rings (SSSR count). The van der Waals surface area contributed by atoms with Crippen molar-refractivity contribution in [2.45, 2.75) is 13.8 Å². The van der Waals surface area contributed by atoms with Gasteiger partial charge in [-0.05, 0) is 37.6 Å². The van der Waals surface area contributed by atoms with Gasteiger partial charge in [-0.3, -0.25) is 9.59 Å². The number of hydrogen-bond donors (Lipinski definition) is 2. The van der Waals surface area contributed by atoms with Crippen LogP contribution in [0.3, 0.4) is 0 Å². The number of para-hydroxylation sites is 1. The first kappa shape index (κ1) is 14.8. The summed E-state index contributed by atoms with van der Waals surface area (Å²) in [5.74, 6) is -0.445. The lowest BCUT2D eigenvalue weighted by atomic mass is 10.0. The Balaban J connectivity index is 2.32. The fraction of sp³-hybridized carbons (Fsp3) is 0.176. The van der Waals surface area contributed by atoms with Crippen molar-refractivity contribution >= 4 is 17.5 Å². The van der Waals surface area contributed by atoms with E-state index in [1.165, 1.54) is 0 Å². The summed E-state index contributed by atoms with van der Waals surface area (Å²) in [4.78, 5) is 24.2. The second kappa shape index (κ2) is 6.22. The highest BCUT2D eigenvalue weighted by Crippen LogP contribution is 2.18. The van der Waals surface area contributed by atoms with Crippen LogP contribution in [0.15, 0.2) is 42.5 Å². The van der Waals surface area contributed by atoms with E-state index in [4.69, 9.17) is 0 Å². The Labute approximate surface area is 124 Å². The molecule has 2 aromatic rings. The minimum absolute atomic E-state index is 0.215. The number of carbonyl (C=O) groups excluding carboxylic acids is 2. The molecule has 0 spiro atoms. The summed E-state index contributed by atoms with van der Waals surface area (Å²) in [7, 11) is 1.56. The number of aryl methyl sites for hydroxylation is 2. The van der Waals surface area contributed by atoms with Crippen molar-refractivity contribution in [1.82, 2.24) is 5.32 Å². The number of nitrogens with one attached hydrogen (secondary N) is 2. The Morgan fingerprint density at radius 1 is 0.905 bits per heavy atom. The van der Waals surface area contributed by atoms with E-state index in [2.05, 4.69) is 10.6 Å². The lowest BCUT2D eigenvalue weighted by molar-refractivity contribution is 0.0964. The Morgan fingerprint density at radius 3 is 2.33 bits per heavy atom. The van der Waals surface area contributed by atoms with Crippen molar-refractivity contribution in [2.24, 2.45) is 0 Å². The number of hydrogen-bond acceptors (Lipinski definition) is 2. The summed E-state index contributed by atoms with van der Waals surface area (Å²) < 4.78 is 0. The van der Waals surface area contributed by atoms with Crippen LogP contribution in [0.25, 0.3) is 0 Å². The topological polar surface area (TPSA) is 58.2 Å². The first-order valence-corrected chi connectivity index (χ1v) is 6.72. The first-order valence-electron chi connectivity index (χ1n) is 6.72. The van der Waals surface area contributed by atoms with Crippen LogP contribution in [0.4, 0.5) is 5.69 Å². The van der Waals surface area contributed by atoms with Crippen molar-refractivity contribution in [3.05, 3.63) is 64.7 Å². The van der Waals surface area contributed by atoms with Gasteiger partial charge in [-0.2, -0.15) is 0 Å². The number of anilines is 1. The van der Waals surface area contributed by atoms with Gasteiger partial charge < -0.3 is 10.6 Å². The molecule has 0 radical (unpaired) electrons. The van der Waals surface area contributed by atoms with E-state index in [0.29, 0.717) is 16.8 Å². The maximum atomic E-state index is 12.4. The zero-order valence-corrected chi connectivity index (χ0v) is 12.4. The van der Waals surface area contributed by atoms with Crippen molar-refractivity contribution in [3.8, 4) is 0 Å². The predicted octanol–water partition coefficient (Wildman–Crippen LogP) is 2.92. The maximum Gasteiger partial charge on any atom is 0.255 e. The summed E-state index contributed by atoms with van der Waals surface area (Å²) in [6.07, 6.45) is 0. The second-order valence-corrected chi connectivity index (χ2v) is 4.90. The molecule has 0 fully saturated rings. The van der Waals surface area contributed by atoms with Crippen LogP contribution in [0.2, 0.25) is 0 Å². The predicted molar refractivity (Wildman–Crippen MR) is 83.7 cm³/mol. The molecule has 0 saturated carbocycles. The Hall–Kier alpha value is -2.62. The molecular weight excluding hydrogens is 264 g/mol. The van der Waals surface area contributed by atoms with Crippen LogP contribution in [0, 0.1) is 13.8 Å². The van der Waals surface area contributed by atoms with Crippen LogP contribution in [0.5, 0.6) is 0 Å². The third-order valence-electron chi connectivity index (χ3n) is 3.28. The van der Waals surface area contributed by atoms with Gasteiger partial charge >= 0.3 is 0 Å². The molecule has 0 heterocycles. The van der Waals surface area contributed by atoms with Gasteiger partial charge in [0.15, 0.2) is 0 Å². The van der Waals surface area contributed by atoms with Crippen LogP contribution in [-0.4, -0.2) is 18.9 Å². The largest absolute Gasteiger partial charge is 0.355 e. The zero-order valence-electron chi connectivity index (χ0n) is 12.4. The molecule has 4 heteroatoms. The molecule has 0 aliphatic rings. The molecular formula is C17H18N2O2. The fourth-order valence-electron chi connectivity index (χ4n) is 2.09. The monoisotopic (exact) mass is 282 g/mol. The van der Waals surface area contributed by atoms with Crippen LogP contribution in [-0.2, 0) is 0 Å². The van der Waals surface area contributed by atoms with Gasteiger partial charge in [0.25, 0.3) is 11.8 Å². The van der Waals surface area contributed by atoms with E-state index in [-0.39, 0.29) is 11.8 Å². The highest BCUT2D eigenvalue weighted by atomic mass is 16.2. The molecule has 0 atom stereocenters. The molecule has 0 unspecified atom stereocenters. The lowest BCUT2D eigenvalue weighted by Gasteiger charge is -2.11. The average Bonchev–Trinajstić information content (AvgIpc) is 2.49. The molecule has 21 heavy (non-hydrogen) atoms. The highest BCUT2D eigenvalue weighted by molar-refractivity contribution is 6.09. The molecule has 0 aliphatic carbocycles. The number of benzene rings is 2. The van der Waals surface area contributed by atoms with Crippen LogP contribution >= 0.6 is 0 Å². The second-order valence-electron chi connectivity index (χ2n) is 4.90. The van der Waals surface area contributed by atoms with Gasteiger partial charge in [-0.25, -0.2) is 0 Å². The molecule has 2 amide bonds. The Morgan fingerprint density at radius 2 is 1.62 bits per heavy atom. The molecule has 2 N–H and O–H groups in total. The van der Waals surface area contributed by atoms with Gasteiger partial charge in [0, 0.05) is 12.6 Å². The number of rotatable bonds is 3. The molecule has 0 aromatic heterocycles. The molecule has 108 valence electrons. The summed E-state index contributed by atoms with van der Waals surface area (Å²) >= 11 is 0. The molecule has 0 saturated heterocycles. The lowest BCUT2D eigenvalue weighted by Crippen LogP contribution is -2.21. The standard InChI is InChI=1S/C17H18N2O2/c1-11-8-9-12(2)14(10-11)17(21)19-15-7-5-4-6-13(15)16(20)18-3/h4-10H,1-3H3,(H,18,20)(H,19,21). The van der Waals surface area contributed by atoms with Gasteiger partial charge in [-0.15, -0.1) is 0 Å². The fourth-order valence-corrected chi connectivity index (χ4v) is 2.09. The van der Waals surface area contributed by atoms with E-state index in [0.717, 1.165) is 11.1 Å². The van der Waals surface area contributed by atoms with E-state index >= 15 is 0 Å². The molecule has 2 aromatic carbocycles. The smallest absolute Gasteiger partial charge is 0.255 e. The first-order chi connectivity index (χ1) is 10.0. The van der Waals surface area contributed by atoms with Gasteiger partial charge in [0.2, 0.25) is 0 Å². The Kier molecular flexibility index (Phi) is 4.38. The third kappa shape index (κ3) is 3.28. The summed E-state index contributed by atoms with van der Waals surface area (Å²) in [5, 5.41) is 5.38. The van der Waals surface area contributed by atoms with E-state index < -0.39 is 0 Å². The van der Waals surface area contributed by atoms with Crippen LogP contribution < -0.4 is 10.6 Å². The van der Waals surface area contributed by atoms with Crippen molar-refractivity contribution in [3.63, 3.8) is 0 Å². The summed E-state index contributed by atoms with van der Waals surface area (Å²) in [5.41, 5.74) is 3.48. The maximum absolute atomic E-state index is 12.4. The van der Waals surface area contributed by atoms with E-state index in [1.54, 1.807) is 31.3 Å². The Bertz CT molecular complexity index is 693. The third-order valence-corrected chi connectivity index (χ3v) is 3.28. The number of amides is 2. The van der Waals surface area contributed by atoms with E-state index in [9.17, 15) is 9.59 Å². The minimum Gasteiger partial charge on any atom is -0.355 e. The normalized spacial score (nSPS) is 10.0. The average molecular weight is 282 g/mol. The van der Waals surface area contributed by atoms with E-state index in [1.807, 2.05) is 32.0 Å². The number of carbonyl (C=O) groups is 2. The van der Waals surface area contributed by atoms with Gasteiger partial charge in [-0.1, -0.05) is 29.8 Å². The van der Waals surface area contributed by atoms with Crippen molar-refractivity contribution in [2.75, 3.05) is 12.4 Å². The highest BCUT2D eigenvalue weighted by Gasteiger charge is 2.14. The molecule has 4 nitrogen and oxygen atoms in total. The minimum atomic E-state index is -0.230. The molecule has 0 aliphatic heterocycles. The van der Waals surface area contributed by atoms with Gasteiger partial charge in [0.05, 0.1) is 11.3 Å². The SMILES string of the molecule is CNC(=O)c1ccccc1NC(=O)c1cc(C)ccc1C.